The molecule has 0 aliphatic heterocycles. The first-order valence-corrected chi connectivity index (χ1v) is 14.5. The number of rotatable bonds is 9. The van der Waals surface area contributed by atoms with Crippen molar-refractivity contribution in [3.8, 4) is 0 Å². The highest BCUT2D eigenvalue weighted by atomic mass is 31.2. The summed E-state index contributed by atoms with van der Waals surface area (Å²) in [6.07, 6.45) is 2.05. The first-order valence-electron chi connectivity index (χ1n) is 12.6. The fourth-order valence-corrected chi connectivity index (χ4v) is 8.16. The smallest absolute Gasteiger partial charge is 0.305 e. The van der Waals surface area contributed by atoms with Gasteiger partial charge in [-0.05, 0) is 24.3 Å². The highest BCUT2D eigenvalue weighted by Crippen LogP contribution is 2.49. The van der Waals surface area contributed by atoms with E-state index >= 15 is 4.57 Å². The lowest BCUT2D eigenvalue weighted by atomic mass is 9.93. The number of carbonyl (C=O) groups is 1. The third-order valence-electron chi connectivity index (χ3n) is 7.01. The van der Waals surface area contributed by atoms with E-state index in [2.05, 4.69) is 18.2 Å². The molecule has 4 aromatic carbocycles. The molecule has 5 heteroatoms. The molecule has 0 spiro atoms. The minimum absolute atomic E-state index is 0.120. The number of hydrogen-bond donors (Lipinski definition) is 0. The second kappa shape index (κ2) is 11.1. The summed E-state index contributed by atoms with van der Waals surface area (Å²) < 4.78 is 19.9. The zero-order valence-electron chi connectivity index (χ0n) is 20.9. The summed E-state index contributed by atoms with van der Waals surface area (Å²) in [4.78, 5) is 17.1. The number of para-hydroxylation sites is 1. The van der Waals surface area contributed by atoms with Gasteiger partial charge in [0, 0.05) is 39.9 Å². The molecule has 5 aromatic rings. The number of fused-ring (bicyclic) bond motifs is 3. The maximum Gasteiger partial charge on any atom is 0.305 e. The van der Waals surface area contributed by atoms with E-state index in [1.165, 1.54) is 7.11 Å². The topological polar surface area (TPSA) is 56.3 Å². The Morgan fingerprint density at radius 2 is 1.30 bits per heavy atom. The molecule has 1 heterocycles. The average molecular weight is 508 g/mol. The number of ether oxygens (including phenoxy) is 1. The summed E-state index contributed by atoms with van der Waals surface area (Å²) in [6.45, 7) is 0. The zero-order chi connectivity index (χ0) is 25.7. The Kier molecular flexibility index (Phi) is 7.48. The third kappa shape index (κ3) is 5.21. The molecule has 0 aliphatic carbocycles. The Morgan fingerprint density at radius 1 is 0.757 bits per heavy atom. The number of benzene rings is 4. The van der Waals surface area contributed by atoms with E-state index in [1.54, 1.807) is 0 Å². The van der Waals surface area contributed by atoms with Gasteiger partial charge in [-0.15, -0.1) is 0 Å². The molecule has 0 aliphatic rings. The summed E-state index contributed by atoms with van der Waals surface area (Å²) in [5.74, 6) is -0.352. The Bertz CT molecular complexity index is 1520. The van der Waals surface area contributed by atoms with E-state index in [1.807, 2.05) is 91.0 Å². The van der Waals surface area contributed by atoms with E-state index in [0.29, 0.717) is 25.4 Å². The van der Waals surface area contributed by atoms with Gasteiger partial charge in [0.25, 0.3) is 0 Å². The molecule has 0 bridgehead atoms. The van der Waals surface area contributed by atoms with Crippen LogP contribution in [0.3, 0.4) is 0 Å². The predicted octanol–water partition coefficient (Wildman–Crippen LogP) is 6.83. The van der Waals surface area contributed by atoms with Crippen molar-refractivity contribution in [2.45, 2.75) is 25.2 Å². The third-order valence-corrected chi connectivity index (χ3v) is 10.2. The van der Waals surface area contributed by atoms with Gasteiger partial charge in [-0.2, -0.15) is 0 Å². The zero-order valence-corrected chi connectivity index (χ0v) is 21.8. The number of aromatic nitrogens is 1. The molecule has 1 atom stereocenters. The van der Waals surface area contributed by atoms with Gasteiger partial charge in [0.05, 0.1) is 18.3 Å². The van der Waals surface area contributed by atoms with Crippen LogP contribution in [0.25, 0.3) is 21.7 Å². The van der Waals surface area contributed by atoms with Gasteiger partial charge in [0.2, 0.25) is 0 Å². The second-order valence-corrected chi connectivity index (χ2v) is 12.2. The van der Waals surface area contributed by atoms with Crippen molar-refractivity contribution >= 4 is 45.4 Å². The van der Waals surface area contributed by atoms with Gasteiger partial charge < -0.3 is 9.30 Å². The van der Waals surface area contributed by atoms with E-state index < -0.39 is 7.14 Å². The minimum atomic E-state index is -3.01. The number of carbonyl (C=O) groups excluding carboxylic acids is 1. The van der Waals surface area contributed by atoms with Crippen LogP contribution in [0.15, 0.2) is 109 Å². The summed E-state index contributed by atoms with van der Waals surface area (Å²) >= 11 is 0. The molecule has 1 unspecified atom stereocenters. The van der Waals surface area contributed by atoms with Crippen molar-refractivity contribution in [2.24, 2.45) is 0 Å². The molecule has 37 heavy (non-hydrogen) atoms. The van der Waals surface area contributed by atoms with Gasteiger partial charge in [-0.25, -0.2) is 0 Å². The lowest BCUT2D eigenvalue weighted by Gasteiger charge is -2.26. The van der Waals surface area contributed by atoms with Crippen molar-refractivity contribution in [3.05, 3.63) is 115 Å². The second-order valence-electron chi connectivity index (χ2n) is 9.32. The van der Waals surface area contributed by atoms with E-state index in [9.17, 15) is 4.79 Å². The lowest BCUT2D eigenvalue weighted by Crippen LogP contribution is -2.22. The largest absolute Gasteiger partial charge is 0.469 e. The Balaban J connectivity index is 1.66. The van der Waals surface area contributed by atoms with Crippen LogP contribution in [0.4, 0.5) is 0 Å². The maximum atomic E-state index is 15.0. The molecule has 0 saturated carbocycles. The molecule has 0 amide bonds. The molecule has 0 saturated heterocycles. The van der Waals surface area contributed by atoms with Crippen molar-refractivity contribution in [2.75, 3.05) is 13.3 Å². The molecule has 186 valence electrons. The Labute approximate surface area is 217 Å². The monoisotopic (exact) mass is 507 g/mol. The highest BCUT2D eigenvalue weighted by molar-refractivity contribution is 7.78. The van der Waals surface area contributed by atoms with Gasteiger partial charge in [0.1, 0.15) is 7.14 Å². The molecular weight excluding hydrogens is 477 g/mol. The molecule has 1 aromatic heterocycles. The molecule has 0 fully saturated rings. The Hall–Kier alpha value is -3.75. The number of hydrogen-bond acceptors (Lipinski definition) is 4. The van der Waals surface area contributed by atoms with E-state index in [-0.39, 0.29) is 11.9 Å². The van der Waals surface area contributed by atoms with Crippen LogP contribution in [0.1, 0.15) is 30.9 Å². The van der Waals surface area contributed by atoms with Gasteiger partial charge in [0.15, 0.2) is 0 Å². The molecule has 0 radical (unpaired) electrons. The minimum Gasteiger partial charge on any atom is -0.469 e. The molecule has 5 rings (SSSR count). The summed E-state index contributed by atoms with van der Waals surface area (Å²) in [5, 5.41) is 4.98. The van der Waals surface area contributed by atoms with Crippen LogP contribution >= 0.6 is 7.14 Å². The van der Waals surface area contributed by atoms with Crippen molar-refractivity contribution in [3.63, 3.8) is 0 Å². The first kappa shape index (κ1) is 24.9. The molecule has 4 nitrogen and oxygen atoms in total. The van der Waals surface area contributed by atoms with Gasteiger partial charge >= 0.3 is 5.97 Å². The fraction of sp³-hybridized carbons (Fsp3) is 0.188. The fourth-order valence-electron chi connectivity index (χ4n) is 5.16. The summed E-state index contributed by atoms with van der Waals surface area (Å²) in [7, 11) is -1.60. The van der Waals surface area contributed by atoms with Gasteiger partial charge in [-0.1, -0.05) is 103 Å². The number of pyridine rings is 1. The maximum absolute atomic E-state index is 15.0. The SMILES string of the molecule is COC(=O)CCCC(CP(=O)(c1ccccc1)c1ccccc1)c1nc2ccccc2c2ccccc12. The standard InChI is InChI=1S/C32H30NO3P/c1-36-31(34)22-12-13-24(23-37(35,25-14-4-2-5-15-25)26-16-6-3-7-17-26)32-29-20-9-8-18-27(29)28-19-10-11-21-30(28)33-32/h2-11,14-21,24H,12-13,22-23H2,1H3. The van der Waals surface area contributed by atoms with Crippen molar-refractivity contribution in [1.29, 1.82) is 0 Å². The summed E-state index contributed by atoms with van der Waals surface area (Å²) in [5.41, 5.74) is 1.86. The predicted molar refractivity (Wildman–Crippen MR) is 152 cm³/mol. The van der Waals surface area contributed by atoms with Crippen LogP contribution in [0.5, 0.6) is 0 Å². The average Bonchev–Trinajstić information content (AvgIpc) is 2.97. The first-order chi connectivity index (χ1) is 18.1. The van der Waals surface area contributed by atoms with E-state index in [4.69, 9.17) is 9.72 Å². The van der Waals surface area contributed by atoms with E-state index in [0.717, 1.165) is 38.0 Å². The quantitative estimate of drug-likeness (QED) is 0.125. The normalized spacial score (nSPS) is 12.5. The van der Waals surface area contributed by atoms with Crippen LogP contribution < -0.4 is 10.6 Å². The molecule has 0 N–H and O–H groups in total. The number of nitrogens with zero attached hydrogens (tertiary/aromatic N) is 1. The number of esters is 1. The highest BCUT2D eigenvalue weighted by Gasteiger charge is 2.33. The summed E-state index contributed by atoms with van der Waals surface area (Å²) in [6, 6.07) is 36.0. The number of methoxy groups -OCH3 is 1. The van der Waals surface area contributed by atoms with Crippen LogP contribution in [0, 0.1) is 0 Å². The van der Waals surface area contributed by atoms with Crippen LogP contribution in [-0.2, 0) is 14.1 Å². The van der Waals surface area contributed by atoms with Crippen LogP contribution in [-0.4, -0.2) is 24.2 Å². The van der Waals surface area contributed by atoms with Gasteiger partial charge in [-0.3, -0.25) is 9.78 Å². The van der Waals surface area contributed by atoms with Crippen molar-refractivity contribution in [1.82, 2.24) is 4.98 Å². The Morgan fingerprint density at radius 3 is 1.92 bits per heavy atom. The molecular formula is C32H30NO3P. The van der Waals surface area contributed by atoms with Crippen molar-refractivity contribution < 1.29 is 14.1 Å². The lowest BCUT2D eigenvalue weighted by molar-refractivity contribution is -0.140. The van der Waals surface area contributed by atoms with Crippen LogP contribution in [0.2, 0.25) is 0 Å².